The SMILES string of the molecule is O=C(NC(C1CC1)C1CC1)c1ccc2c(c1)CCCN2. The monoisotopic (exact) mass is 270 g/mol. The lowest BCUT2D eigenvalue weighted by Crippen LogP contribution is -2.38. The van der Waals surface area contributed by atoms with Gasteiger partial charge in [-0.3, -0.25) is 4.79 Å². The Kier molecular flexibility index (Phi) is 2.94. The molecule has 2 saturated carbocycles. The van der Waals surface area contributed by atoms with Crippen LogP contribution in [0, 0.1) is 11.8 Å². The maximum atomic E-state index is 12.5. The standard InChI is InChI=1S/C17H22N2O/c20-17(19-16(11-3-4-11)12-5-6-12)14-7-8-15-13(10-14)2-1-9-18-15/h7-8,10-12,16,18H,1-6,9H2,(H,19,20). The fourth-order valence-corrected chi connectivity index (χ4v) is 3.38. The Balaban J connectivity index is 1.49. The number of carbonyl (C=O) groups is 1. The molecule has 0 spiro atoms. The molecule has 0 aromatic heterocycles. The Bertz CT molecular complexity index is 520. The zero-order valence-corrected chi connectivity index (χ0v) is 11.8. The number of nitrogens with one attached hydrogen (secondary N) is 2. The molecule has 4 rings (SSSR count). The van der Waals surface area contributed by atoms with Gasteiger partial charge in [0, 0.05) is 23.8 Å². The number of hydrogen-bond acceptors (Lipinski definition) is 2. The van der Waals surface area contributed by atoms with Crippen LogP contribution in [0.4, 0.5) is 5.69 Å². The Labute approximate surface area is 120 Å². The lowest BCUT2D eigenvalue weighted by atomic mass is 10.00. The van der Waals surface area contributed by atoms with E-state index in [9.17, 15) is 4.79 Å². The highest BCUT2D eigenvalue weighted by atomic mass is 16.1. The summed E-state index contributed by atoms with van der Waals surface area (Å²) in [7, 11) is 0. The Morgan fingerprint density at radius 3 is 2.65 bits per heavy atom. The first-order chi connectivity index (χ1) is 9.81. The summed E-state index contributed by atoms with van der Waals surface area (Å²) in [6.45, 7) is 1.05. The minimum atomic E-state index is 0.127. The number of amides is 1. The first-order valence-corrected chi connectivity index (χ1v) is 7.99. The molecule has 2 aliphatic carbocycles. The Morgan fingerprint density at radius 2 is 1.95 bits per heavy atom. The van der Waals surface area contributed by atoms with Crippen LogP contribution in [0.1, 0.15) is 48.0 Å². The van der Waals surface area contributed by atoms with Gasteiger partial charge in [0.25, 0.3) is 5.91 Å². The van der Waals surface area contributed by atoms with Crippen molar-refractivity contribution in [2.75, 3.05) is 11.9 Å². The van der Waals surface area contributed by atoms with Crippen molar-refractivity contribution >= 4 is 11.6 Å². The molecule has 0 radical (unpaired) electrons. The van der Waals surface area contributed by atoms with Crippen LogP contribution in [0.3, 0.4) is 0 Å². The summed E-state index contributed by atoms with van der Waals surface area (Å²) in [4.78, 5) is 12.5. The van der Waals surface area contributed by atoms with Crippen molar-refractivity contribution in [3.05, 3.63) is 29.3 Å². The highest BCUT2D eigenvalue weighted by Gasteiger charge is 2.42. The third-order valence-corrected chi connectivity index (χ3v) is 4.86. The van der Waals surface area contributed by atoms with Crippen molar-refractivity contribution in [3.63, 3.8) is 0 Å². The zero-order valence-electron chi connectivity index (χ0n) is 11.8. The molecule has 1 heterocycles. The lowest BCUT2D eigenvalue weighted by Gasteiger charge is -2.20. The van der Waals surface area contributed by atoms with E-state index >= 15 is 0 Å². The van der Waals surface area contributed by atoms with Crippen molar-refractivity contribution < 1.29 is 4.79 Å². The summed E-state index contributed by atoms with van der Waals surface area (Å²) < 4.78 is 0. The van der Waals surface area contributed by atoms with Gasteiger partial charge in [0.1, 0.15) is 0 Å². The molecule has 1 amide bonds. The summed E-state index contributed by atoms with van der Waals surface area (Å²) in [5.74, 6) is 1.64. The minimum absolute atomic E-state index is 0.127. The smallest absolute Gasteiger partial charge is 0.251 e. The molecule has 1 aliphatic heterocycles. The largest absolute Gasteiger partial charge is 0.385 e. The van der Waals surface area contributed by atoms with E-state index < -0.39 is 0 Å². The van der Waals surface area contributed by atoms with Crippen molar-refractivity contribution in [2.24, 2.45) is 11.8 Å². The highest BCUT2D eigenvalue weighted by Crippen LogP contribution is 2.44. The van der Waals surface area contributed by atoms with Crippen molar-refractivity contribution in [3.8, 4) is 0 Å². The molecule has 3 heteroatoms. The van der Waals surface area contributed by atoms with Crippen molar-refractivity contribution in [2.45, 2.75) is 44.6 Å². The number of hydrogen-bond donors (Lipinski definition) is 2. The predicted octanol–water partition coefficient (Wildman–Crippen LogP) is 2.96. The Hall–Kier alpha value is -1.51. The number of rotatable bonds is 4. The van der Waals surface area contributed by atoms with Gasteiger partial charge in [-0.05, 0) is 74.1 Å². The summed E-state index contributed by atoms with van der Waals surface area (Å²) in [5.41, 5.74) is 3.32. The van der Waals surface area contributed by atoms with Gasteiger partial charge in [-0.1, -0.05) is 0 Å². The average Bonchev–Trinajstić information content (AvgIpc) is 3.37. The van der Waals surface area contributed by atoms with Gasteiger partial charge in [0.2, 0.25) is 0 Å². The highest BCUT2D eigenvalue weighted by molar-refractivity contribution is 5.95. The summed E-state index contributed by atoms with van der Waals surface area (Å²) >= 11 is 0. The van der Waals surface area contributed by atoms with E-state index in [0.29, 0.717) is 6.04 Å². The molecule has 20 heavy (non-hydrogen) atoms. The van der Waals surface area contributed by atoms with E-state index in [-0.39, 0.29) is 5.91 Å². The van der Waals surface area contributed by atoms with Gasteiger partial charge >= 0.3 is 0 Å². The second-order valence-electron chi connectivity index (χ2n) is 6.58. The lowest BCUT2D eigenvalue weighted by molar-refractivity contribution is 0.0926. The van der Waals surface area contributed by atoms with Crippen LogP contribution in [0.5, 0.6) is 0 Å². The summed E-state index contributed by atoms with van der Waals surface area (Å²) in [5, 5.41) is 6.70. The van der Waals surface area contributed by atoms with E-state index in [4.69, 9.17) is 0 Å². The van der Waals surface area contributed by atoms with Crippen LogP contribution < -0.4 is 10.6 Å². The van der Waals surface area contributed by atoms with E-state index in [2.05, 4.69) is 22.8 Å². The van der Waals surface area contributed by atoms with Crippen LogP contribution in [0.2, 0.25) is 0 Å². The molecular weight excluding hydrogens is 248 g/mol. The van der Waals surface area contributed by atoms with Crippen molar-refractivity contribution in [1.82, 2.24) is 5.32 Å². The van der Waals surface area contributed by atoms with E-state index in [1.165, 1.54) is 36.9 Å². The topological polar surface area (TPSA) is 41.1 Å². The van der Waals surface area contributed by atoms with Crippen LogP contribution in [-0.4, -0.2) is 18.5 Å². The second kappa shape index (κ2) is 4.80. The third kappa shape index (κ3) is 2.41. The molecule has 0 atom stereocenters. The number of carbonyl (C=O) groups excluding carboxylic acids is 1. The number of aryl methyl sites for hydroxylation is 1. The molecule has 2 fully saturated rings. The molecule has 3 aliphatic rings. The quantitative estimate of drug-likeness (QED) is 0.883. The second-order valence-corrected chi connectivity index (χ2v) is 6.58. The van der Waals surface area contributed by atoms with E-state index in [1.807, 2.05) is 6.07 Å². The minimum Gasteiger partial charge on any atom is -0.385 e. The zero-order chi connectivity index (χ0) is 13.5. The average molecular weight is 270 g/mol. The fraction of sp³-hybridized carbons (Fsp3) is 0.588. The van der Waals surface area contributed by atoms with Gasteiger partial charge in [-0.15, -0.1) is 0 Å². The fourth-order valence-electron chi connectivity index (χ4n) is 3.38. The molecule has 0 unspecified atom stereocenters. The number of fused-ring (bicyclic) bond motifs is 1. The maximum Gasteiger partial charge on any atom is 0.251 e. The normalized spacial score (nSPS) is 21.2. The molecule has 1 aromatic carbocycles. The van der Waals surface area contributed by atoms with Gasteiger partial charge in [-0.2, -0.15) is 0 Å². The first-order valence-electron chi connectivity index (χ1n) is 7.99. The van der Waals surface area contributed by atoms with Gasteiger partial charge in [0.05, 0.1) is 0 Å². The van der Waals surface area contributed by atoms with E-state index in [1.54, 1.807) is 0 Å². The van der Waals surface area contributed by atoms with Gasteiger partial charge in [-0.25, -0.2) is 0 Å². The molecule has 2 N–H and O–H groups in total. The molecule has 0 bridgehead atoms. The first kappa shape index (κ1) is 12.2. The van der Waals surface area contributed by atoms with Gasteiger partial charge in [0.15, 0.2) is 0 Å². The molecule has 1 aromatic rings. The number of anilines is 1. The van der Waals surface area contributed by atoms with Crippen LogP contribution in [-0.2, 0) is 6.42 Å². The van der Waals surface area contributed by atoms with Crippen LogP contribution >= 0.6 is 0 Å². The molecule has 106 valence electrons. The van der Waals surface area contributed by atoms with Crippen LogP contribution in [0.25, 0.3) is 0 Å². The van der Waals surface area contributed by atoms with E-state index in [0.717, 1.165) is 36.8 Å². The Morgan fingerprint density at radius 1 is 1.20 bits per heavy atom. The third-order valence-electron chi connectivity index (χ3n) is 4.86. The molecule has 0 saturated heterocycles. The molecule has 3 nitrogen and oxygen atoms in total. The number of benzene rings is 1. The van der Waals surface area contributed by atoms with Crippen molar-refractivity contribution in [1.29, 1.82) is 0 Å². The van der Waals surface area contributed by atoms with Gasteiger partial charge < -0.3 is 10.6 Å². The van der Waals surface area contributed by atoms with Crippen LogP contribution in [0.15, 0.2) is 18.2 Å². The molecular formula is C17H22N2O. The predicted molar refractivity (Wildman–Crippen MR) is 80.0 cm³/mol. The summed E-state index contributed by atoms with van der Waals surface area (Å²) in [6, 6.07) is 6.54. The maximum absolute atomic E-state index is 12.5. The summed E-state index contributed by atoms with van der Waals surface area (Å²) in [6.07, 6.45) is 7.44.